The number of nitrogens with zero attached hydrogens (tertiary/aromatic N) is 5. The van der Waals surface area contributed by atoms with Crippen LogP contribution in [0.3, 0.4) is 0 Å². The molecule has 0 atom stereocenters. The zero-order valence-corrected chi connectivity index (χ0v) is 14.9. The van der Waals surface area contributed by atoms with Crippen LogP contribution in [-0.4, -0.2) is 35.2 Å². The molecular formula is C19H15FN6O2. The molecule has 1 aliphatic heterocycles. The Hall–Kier alpha value is -3.75. The van der Waals surface area contributed by atoms with Crippen LogP contribution in [0.15, 0.2) is 47.4 Å². The molecule has 0 bridgehead atoms. The smallest absolute Gasteiger partial charge is 0.278 e. The van der Waals surface area contributed by atoms with Crippen LogP contribution in [-0.2, 0) is 20.1 Å². The minimum atomic E-state index is -0.327. The number of rotatable bonds is 2. The summed E-state index contributed by atoms with van der Waals surface area (Å²) < 4.78 is 16.1. The molecule has 1 aromatic carbocycles. The molecular weight excluding hydrogens is 363 g/mol. The molecule has 5 rings (SSSR count). The maximum atomic E-state index is 13.1. The topological polar surface area (TPSA) is 88.3 Å². The molecule has 4 heterocycles. The summed E-state index contributed by atoms with van der Waals surface area (Å²) in [6.07, 6.45) is 1.70. The van der Waals surface area contributed by atoms with Gasteiger partial charge in [0.1, 0.15) is 11.5 Å². The van der Waals surface area contributed by atoms with Gasteiger partial charge in [0, 0.05) is 19.3 Å². The van der Waals surface area contributed by atoms with Crippen LogP contribution >= 0.6 is 0 Å². The molecule has 0 saturated heterocycles. The van der Waals surface area contributed by atoms with Crippen molar-refractivity contribution in [2.75, 3.05) is 0 Å². The van der Waals surface area contributed by atoms with E-state index in [2.05, 4.69) is 15.2 Å². The van der Waals surface area contributed by atoms with Crippen LogP contribution in [0.25, 0.3) is 16.9 Å². The van der Waals surface area contributed by atoms with E-state index in [0.29, 0.717) is 28.3 Å². The van der Waals surface area contributed by atoms with E-state index in [1.807, 2.05) is 0 Å². The van der Waals surface area contributed by atoms with Gasteiger partial charge in [-0.3, -0.25) is 19.4 Å². The third-order valence-corrected chi connectivity index (χ3v) is 4.86. The van der Waals surface area contributed by atoms with Gasteiger partial charge < -0.3 is 4.90 Å². The van der Waals surface area contributed by atoms with E-state index in [4.69, 9.17) is 0 Å². The summed E-state index contributed by atoms with van der Waals surface area (Å²) in [6.45, 7) is 0.442. The zero-order chi connectivity index (χ0) is 19.4. The molecule has 9 heteroatoms. The predicted octanol–water partition coefficient (Wildman–Crippen LogP) is 1.72. The lowest BCUT2D eigenvalue weighted by Crippen LogP contribution is -2.27. The van der Waals surface area contributed by atoms with Crippen molar-refractivity contribution in [2.24, 2.45) is 7.05 Å². The fraction of sp³-hybridized carbons (Fsp3) is 0.158. The van der Waals surface area contributed by atoms with E-state index in [1.165, 1.54) is 16.6 Å². The molecule has 8 nitrogen and oxygen atoms in total. The maximum Gasteiger partial charge on any atom is 0.278 e. The van der Waals surface area contributed by atoms with Crippen molar-refractivity contribution < 1.29 is 9.18 Å². The summed E-state index contributed by atoms with van der Waals surface area (Å²) in [4.78, 5) is 31.6. The summed E-state index contributed by atoms with van der Waals surface area (Å²) in [5, 5.41) is 7.13. The number of benzene rings is 1. The van der Waals surface area contributed by atoms with Crippen LogP contribution in [0, 0.1) is 5.82 Å². The van der Waals surface area contributed by atoms with E-state index in [0.717, 1.165) is 5.56 Å². The Balaban J connectivity index is 1.51. The third-order valence-electron chi connectivity index (χ3n) is 4.86. The SMILES string of the molecule is Cn1ccc(C(=O)N2Cc3nc4cc(-c5ccc(F)cc5)[nH]n4c(=O)c3C2)n1. The lowest BCUT2D eigenvalue weighted by atomic mass is 10.1. The number of hydrogen-bond acceptors (Lipinski definition) is 4. The van der Waals surface area contributed by atoms with E-state index in [9.17, 15) is 14.0 Å². The number of aromatic nitrogens is 5. The van der Waals surface area contributed by atoms with E-state index in [-0.39, 0.29) is 30.4 Å². The van der Waals surface area contributed by atoms with Gasteiger partial charge in [-0.2, -0.15) is 5.10 Å². The van der Waals surface area contributed by atoms with Crippen LogP contribution in [0.1, 0.15) is 21.7 Å². The summed E-state index contributed by atoms with van der Waals surface area (Å²) in [5.74, 6) is -0.564. The quantitative estimate of drug-likeness (QED) is 0.575. The highest BCUT2D eigenvalue weighted by Gasteiger charge is 2.30. The van der Waals surface area contributed by atoms with Crippen molar-refractivity contribution >= 4 is 11.6 Å². The highest BCUT2D eigenvalue weighted by Crippen LogP contribution is 2.23. The van der Waals surface area contributed by atoms with Crippen molar-refractivity contribution in [1.29, 1.82) is 0 Å². The second-order valence-corrected chi connectivity index (χ2v) is 6.75. The highest BCUT2D eigenvalue weighted by atomic mass is 19.1. The average molecular weight is 378 g/mol. The first kappa shape index (κ1) is 16.4. The fourth-order valence-corrected chi connectivity index (χ4v) is 3.43. The third kappa shape index (κ3) is 2.51. The number of nitrogens with one attached hydrogen (secondary N) is 1. The van der Waals surface area contributed by atoms with Gasteiger partial charge in [0.2, 0.25) is 0 Å². The van der Waals surface area contributed by atoms with Gasteiger partial charge in [-0.1, -0.05) is 0 Å². The Kier molecular flexibility index (Phi) is 3.45. The van der Waals surface area contributed by atoms with Gasteiger partial charge in [0.25, 0.3) is 11.5 Å². The number of carbonyl (C=O) groups excluding carboxylic acids is 1. The Bertz CT molecular complexity index is 1280. The van der Waals surface area contributed by atoms with Crippen molar-refractivity contribution in [3.63, 3.8) is 0 Å². The standard InChI is InChI=1S/C19H15FN6O2/c1-24-7-6-14(22-24)19(28)25-9-13-16(10-25)21-17-8-15(23-26(17)18(13)27)11-2-4-12(20)5-3-11/h2-8,23H,9-10H2,1H3. The van der Waals surface area contributed by atoms with Crippen LogP contribution in [0.5, 0.6) is 0 Å². The Morgan fingerprint density at radius 3 is 2.68 bits per heavy atom. The lowest BCUT2D eigenvalue weighted by molar-refractivity contribution is 0.0743. The normalized spacial score (nSPS) is 13.3. The number of fused-ring (bicyclic) bond motifs is 2. The monoisotopic (exact) mass is 378 g/mol. The number of amides is 1. The molecule has 140 valence electrons. The summed E-state index contributed by atoms with van der Waals surface area (Å²) in [7, 11) is 1.74. The average Bonchev–Trinajstić information content (AvgIpc) is 3.40. The Morgan fingerprint density at radius 1 is 1.18 bits per heavy atom. The molecule has 4 aromatic rings. The maximum absolute atomic E-state index is 13.1. The molecule has 1 amide bonds. The van der Waals surface area contributed by atoms with Crippen LogP contribution in [0.2, 0.25) is 0 Å². The highest BCUT2D eigenvalue weighted by molar-refractivity contribution is 5.92. The second-order valence-electron chi connectivity index (χ2n) is 6.75. The number of halogens is 1. The van der Waals surface area contributed by atoms with Gasteiger partial charge in [0.05, 0.1) is 30.0 Å². The van der Waals surface area contributed by atoms with Crippen LogP contribution < -0.4 is 5.56 Å². The Morgan fingerprint density at radius 2 is 1.96 bits per heavy atom. The van der Waals surface area contributed by atoms with Crippen molar-refractivity contribution in [1.82, 2.24) is 29.3 Å². The first-order valence-electron chi connectivity index (χ1n) is 8.68. The molecule has 0 saturated carbocycles. The molecule has 0 radical (unpaired) electrons. The first-order chi connectivity index (χ1) is 13.5. The number of aryl methyl sites for hydroxylation is 1. The molecule has 1 aliphatic rings. The minimum absolute atomic E-state index is 0.185. The van der Waals surface area contributed by atoms with Crippen molar-refractivity contribution in [2.45, 2.75) is 13.1 Å². The van der Waals surface area contributed by atoms with Gasteiger partial charge in [-0.05, 0) is 35.9 Å². The molecule has 0 aliphatic carbocycles. The van der Waals surface area contributed by atoms with Gasteiger partial charge >= 0.3 is 0 Å². The van der Waals surface area contributed by atoms with Gasteiger partial charge in [0.15, 0.2) is 5.65 Å². The van der Waals surface area contributed by atoms with E-state index >= 15 is 0 Å². The summed E-state index contributed by atoms with van der Waals surface area (Å²) >= 11 is 0. The number of carbonyl (C=O) groups is 1. The fourth-order valence-electron chi connectivity index (χ4n) is 3.43. The number of H-pyrrole nitrogens is 1. The van der Waals surface area contributed by atoms with Crippen molar-refractivity contribution in [3.05, 3.63) is 75.7 Å². The van der Waals surface area contributed by atoms with Crippen LogP contribution in [0.4, 0.5) is 4.39 Å². The predicted molar refractivity (Wildman–Crippen MR) is 98.0 cm³/mol. The number of aromatic amines is 1. The summed E-state index contributed by atoms with van der Waals surface area (Å²) in [6, 6.07) is 9.36. The van der Waals surface area contributed by atoms with E-state index in [1.54, 1.807) is 47.1 Å². The van der Waals surface area contributed by atoms with Gasteiger partial charge in [-0.15, -0.1) is 0 Å². The lowest BCUT2D eigenvalue weighted by Gasteiger charge is -2.12. The molecule has 28 heavy (non-hydrogen) atoms. The first-order valence-corrected chi connectivity index (χ1v) is 8.68. The van der Waals surface area contributed by atoms with Gasteiger partial charge in [-0.25, -0.2) is 13.9 Å². The molecule has 0 fully saturated rings. The van der Waals surface area contributed by atoms with E-state index < -0.39 is 0 Å². The minimum Gasteiger partial charge on any atom is -0.327 e. The summed E-state index contributed by atoms with van der Waals surface area (Å²) in [5.41, 5.74) is 3.01. The molecule has 1 N–H and O–H groups in total. The largest absolute Gasteiger partial charge is 0.327 e. The molecule has 0 spiro atoms. The Labute approximate surface area is 157 Å². The molecule has 3 aromatic heterocycles. The van der Waals surface area contributed by atoms with Crippen molar-refractivity contribution in [3.8, 4) is 11.3 Å². The number of hydrogen-bond donors (Lipinski definition) is 1. The zero-order valence-electron chi connectivity index (χ0n) is 14.9. The second kappa shape index (κ2) is 5.88. The molecule has 0 unspecified atom stereocenters.